The summed E-state index contributed by atoms with van der Waals surface area (Å²) < 4.78 is 44.5. The number of allylic oxidation sites excluding steroid dienone is 1. The van der Waals surface area contributed by atoms with E-state index >= 15 is 0 Å². The summed E-state index contributed by atoms with van der Waals surface area (Å²) in [6.07, 6.45) is 8.42. The fourth-order valence-electron chi connectivity index (χ4n) is 6.26. The van der Waals surface area contributed by atoms with E-state index in [0.717, 1.165) is 17.5 Å². The number of fused-ring (bicyclic) bond motifs is 4. The monoisotopic (exact) mass is 686 g/mol. The molecule has 5 rings (SSSR count). The van der Waals surface area contributed by atoms with Crippen molar-refractivity contribution in [1.29, 1.82) is 0 Å². The molecule has 13 nitrogen and oxygen atoms in total. The van der Waals surface area contributed by atoms with Crippen LogP contribution in [0.5, 0.6) is 5.75 Å². The molecule has 0 radical (unpaired) electrons. The van der Waals surface area contributed by atoms with Crippen molar-refractivity contribution < 1.29 is 41.8 Å². The molecule has 0 aromatic heterocycles. The summed E-state index contributed by atoms with van der Waals surface area (Å²) in [4.78, 5) is 55.6. The van der Waals surface area contributed by atoms with Gasteiger partial charge in [-0.2, -0.15) is 0 Å². The molecule has 48 heavy (non-hydrogen) atoms. The third kappa shape index (κ3) is 8.38. The zero-order chi connectivity index (χ0) is 34.5. The Kier molecular flexibility index (Phi) is 11.1. The molecule has 4 aliphatic rings. The van der Waals surface area contributed by atoms with Gasteiger partial charge in [0.15, 0.2) is 0 Å². The minimum absolute atomic E-state index is 0.0626. The highest BCUT2D eigenvalue weighted by Gasteiger charge is 2.62. The first kappa shape index (κ1) is 35.4. The fourth-order valence-corrected chi connectivity index (χ4v) is 7.63. The molecule has 1 aromatic rings. The van der Waals surface area contributed by atoms with Crippen LogP contribution in [0.2, 0.25) is 0 Å². The number of rotatable bonds is 10. The number of unbranched alkanes of at least 4 members (excludes halogenated alkanes) is 1. The molecule has 2 unspecified atom stereocenters. The molecule has 4 bridgehead atoms. The second-order valence-corrected chi connectivity index (χ2v) is 15.0. The molecule has 4 amide bonds. The number of nitrogens with one attached hydrogen (secondary N) is 3. The summed E-state index contributed by atoms with van der Waals surface area (Å²) in [5.74, 6) is -1.74. The third-order valence-electron chi connectivity index (χ3n) is 9.30. The van der Waals surface area contributed by atoms with Crippen LogP contribution < -0.4 is 20.1 Å². The number of benzene rings is 1. The Balaban J connectivity index is 1.41. The number of carbonyl (C=O) groups is 4. The Labute approximate surface area is 281 Å². The Bertz CT molecular complexity index is 1540. The van der Waals surface area contributed by atoms with Crippen molar-refractivity contribution in [2.45, 2.75) is 100 Å². The summed E-state index contributed by atoms with van der Waals surface area (Å²) in [5.41, 5.74) is 0.242. The van der Waals surface area contributed by atoms with E-state index < -0.39 is 68.7 Å². The third-order valence-corrected chi connectivity index (χ3v) is 11.1. The number of carbonyl (C=O) groups excluding carboxylic acids is 4. The molecule has 1 aromatic carbocycles. The molecule has 2 aliphatic heterocycles. The number of hydrogen-bond acceptors (Lipinski definition) is 9. The van der Waals surface area contributed by atoms with Gasteiger partial charge in [-0.1, -0.05) is 38.0 Å². The van der Waals surface area contributed by atoms with E-state index in [1.165, 1.54) is 11.0 Å². The molecule has 2 aliphatic carbocycles. The van der Waals surface area contributed by atoms with Gasteiger partial charge in [0.25, 0.3) is 5.91 Å². The van der Waals surface area contributed by atoms with Gasteiger partial charge in [0.2, 0.25) is 21.8 Å². The van der Waals surface area contributed by atoms with Crippen LogP contribution in [-0.2, 0) is 40.5 Å². The summed E-state index contributed by atoms with van der Waals surface area (Å²) in [6.45, 7) is 6.13. The Morgan fingerprint density at radius 3 is 2.71 bits per heavy atom. The number of cyclic esters (lactones) is 1. The molecule has 3 N–H and O–H groups in total. The van der Waals surface area contributed by atoms with Crippen LogP contribution in [0, 0.1) is 5.92 Å². The van der Waals surface area contributed by atoms with Crippen LogP contribution in [0.1, 0.15) is 75.8 Å². The lowest BCUT2D eigenvalue weighted by atomic mass is 10.1. The van der Waals surface area contributed by atoms with Crippen molar-refractivity contribution >= 4 is 39.9 Å². The maximum absolute atomic E-state index is 14.1. The zero-order valence-corrected chi connectivity index (χ0v) is 28.4. The number of ether oxygens (including phenoxy) is 3. The van der Waals surface area contributed by atoms with Crippen LogP contribution in [0.25, 0.3) is 6.08 Å². The van der Waals surface area contributed by atoms with E-state index in [1.54, 1.807) is 7.11 Å². The van der Waals surface area contributed by atoms with Gasteiger partial charge in [-0.25, -0.2) is 13.2 Å². The highest BCUT2D eigenvalue weighted by molar-refractivity contribution is 7.91. The van der Waals surface area contributed by atoms with E-state index in [0.29, 0.717) is 44.3 Å². The minimum atomic E-state index is -3.86. The van der Waals surface area contributed by atoms with E-state index in [2.05, 4.69) is 21.9 Å². The van der Waals surface area contributed by atoms with Crippen molar-refractivity contribution in [3.05, 3.63) is 48.1 Å². The number of hydrogen-bond donors (Lipinski definition) is 3. The highest BCUT2D eigenvalue weighted by Crippen LogP contribution is 2.45. The first-order valence-electron chi connectivity index (χ1n) is 16.7. The number of sulfonamides is 1. The summed E-state index contributed by atoms with van der Waals surface area (Å²) in [7, 11) is -2.28. The minimum Gasteiger partial charge on any atom is -0.497 e. The Morgan fingerprint density at radius 2 is 2.02 bits per heavy atom. The normalized spacial score (nSPS) is 28.6. The van der Waals surface area contributed by atoms with E-state index in [4.69, 9.17) is 14.2 Å². The van der Waals surface area contributed by atoms with E-state index in [-0.39, 0.29) is 32.6 Å². The number of methoxy groups -OCH3 is 1. The standard InChI is InChI=1S/C34H46N4O9S/c1-4-6-11-28-31(40)38-20-26(47-21-23-15-22(16-25(17-23)45-3)10-8-7-9-14-46-33(42)35-28)18-29(38)30(39)36-34(19-24(34)5-2)32(41)37-48(43,44)27-12-13-27/h5,8,10,15-17,24,26-29H,2,4,6-7,9,11-14,18-21H2,1,3H3,(H,35,42)(H,36,39)(H,37,41)/b10-8+/t24?,26?,28-,29-,34+/m0/s1. The molecule has 5 atom stereocenters. The van der Waals surface area contributed by atoms with Crippen LogP contribution in [-0.4, -0.2) is 86.4 Å². The van der Waals surface area contributed by atoms with Gasteiger partial charge in [-0.15, -0.1) is 6.58 Å². The number of alkyl carbamates (subject to hydrolysis) is 1. The lowest BCUT2D eigenvalue weighted by molar-refractivity contribution is -0.141. The lowest BCUT2D eigenvalue weighted by Gasteiger charge is -2.29. The Morgan fingerprint density at radius 1 is 1.23 bits per heavy atom. The van der Waals surface area contributed by atoms with Crippen molar-refractivity contribution in [1.82, 2.24) is 20.3 Å². The van der Waals surface area contributed by atoms with Gasteiger partial charge in [0.1, 0.15) is 23.4 Å². The quantitative estimate of drug-likeness (QED) is 0.313. The maximum Gasteiger partial charge on any atom is 0.407 e. The van der Waals surface area contributed by atoms with Gasteiger partial charge in [-0.3, -0.25) is 19.1 Å². The van der Waals surface area contributed by atoms with Gasteiger partial charge in [0.05, 0.1) is 31.7 Å². The van der Waals surface area contributed by atoms with Gasteiger partial charge in [0, 0.05) is 18.9 Å². The molecule has 1 saturated heterocycles. The zero-order valence-electron chi connectivity index (χ0n) is 27.6. The largest absolute Gasteiger partial charge is 0.497 e. The molecule has 262 valence electrons. The molecule has 2 saturated carbocycles. The highest BCUT2D eigenvalue weighted by atomic mass is 32.2. The summed E-state index contributed by atoms with van der Waals surface area (Å²) >= 11 is 0. The fraction of sp³-hybridized carbons (Fsp3) is 0.588. The van der Waals surface area contributed by atoms with Crippen LogP contribution in [0.15, 0.2) is 36.9 Å². The van der Waals surface area contributed by atoms with Gasteiger partial charge < -0.3 is 29.7 Å². The van der Waals surface area contributed by atoms with E-state index in [9.17, 15) is 27.6 Å². The van der Waals surface area contributed by atoms with Gasteiger partial charge >= 0.3 is 6.09 Å². The van der Waals surface area contributed by atoms with Crippen molar-refractivity contribution in [2.24, 2.45) is 5.92 Å². The lowest BCUT2D eigenvalue weighted by Crippen LogP contribution is -2.58. The number of nitrogens with zero attached hydrogens (tertiary/aromatic N) is 1. The number of amides is 4. The molecule has 0 spiro atoms. The van der Waals surface area contributed by atoms with Gasteiger partial charge in [-0.05, 0) is 67.9 Å². The molecular formula is C34H46N4O9S. The van der Waals surface area contributed by atoms with Crippen LogP contribution >= 0.6 is 0 Å². The first-order valence-corrected chi connectivity index (χ1v) is 18.2. The predicted octanol–water partition coefficient (Wildman–Crippen LogP) is 2.94. The molecular weight excluding hydrogens is 640 g/mol. The van der Waals surface area contributed by atoms with Crippen molar-refractivity contribution in [2.75, 3.05) is 20.3 Å². The maximum atomic E-state index is 14.1. The Hall–Kier alpha value is -3.91. The summed E-state index contributed by atoms with van der Waals surface area (Å²) in [5, 5.41) is 4.87. The average molecular weight is 687 g/mol. The van der Waals surface area contributed by atoms with Crippen LogP contribution in [0.4, 0.5) is 4.79 Å². The average Bonchev–Trinajstić information content (AvgIpc) is 3.99. The van der Waals surface area contributed by atoms with Crippen molar-refractivity contribution in [3.63, 3.8) is 0 Å². The smallest absolute Gasteiger partial charge is 0.407 e. The van der Waals surface area contributed by atoms with Crippen LogP contribution in [0.3, 0.4) is 0 Å². The summed E-state index contributed by atoms with van der Waals surface area (Å²) in [6, 6.07) is 3.73. The molecule has 3 fully saturated rings. The molecule has 14 heteroatoms. The first-order chi connectivity index (χ1) is 23.0. The SMILES string of the molecule is C=CC1C[C@]1(NC(=O)[C@@H]1CC2CN1C(=O)[C@H](CCCC)NC(=O)OCCC/C=C/c1cc(cc(OC)c1)CO2)C(=O)NS(=O)(=O)C1CC1. The molecule has 2 heterocycles. The van der Waals surface area contributed by atoms with E-state index in [1.807, 2.05) is 37.3 Å². The second-order valence-electron chi connectivity index (χ2n) is 13.0. The second kappa shape index (κ2) is 15.1. The van der Waals surface area contributed by atoms with Crippen molar-refractivity contribution in [3.8, 4) is 5.75 Å². The predicted molar refractivity (Wildman–Crippen MR) is 177 cm³/mol. The topological polar surface area (TPSA) is 169 Å².